The van der Waals surface area contributed by atoms with Gasteiger partial charge in [-0.15, -0.1) is 0 Å². The van der Waals surface area contributed by atoms with Crippen LogP contribution in [-0.2, 0) is 4.79 Å². The first-order chi connectivity index (χ1) is 9.13. The maximum atomic E-state index is 13.7. The summed E-state index contributed by atoms with van der Waals surface area (Å²) in [5.41, 5.74) is 6.28. The number of aromatic nitrogens is 2. The molecule has 1 aromatic heterocycles. The first-order valence-electron chi connectivity index (χ1n) is 5.81. The smallest absolute Gasteiger partial charge is 0.242 e. The van der Waals surface area contributed by atoms with Crippen LogP contribution in [0.1, 0.15) is 6.42 Å². The first-order valence-corrected chi connectivity index (χ1v) is 7.21. The third kappa shape index (κ3) is 3.05. The fraction of sp³-hybridized carbons (Fsp3) is 0.333. The summed E-state index contributed by atoms with van der Waals surface area (Å²) in [4.78, 5) is 11.8. The highest BCUT2D eigenvalue weighted by Gasteiger charge is 2.17. The Morgan fingerprint density at radius 3 is 3.16 bits per heavy atom. The minimum atomic E-state index is -0.619. The monoisotopic (exact) mass is 282 g/mol. The lowest BCUT2D eigenvalue weighted by Crippen LogP contribution is -2.36. The zero-order valence-electron chi connectivity index (χ0n) is 10.4. The predicted molar refractivity (Wildman–Crippen MR) is 75.7 cm³/mol. The second kappa shape index (κ2) is 6.03. The topological polar surface area (TPSA) is 83.8 Å². The van der Waals surface area contributed by atoms with Gasteiger partial charge in [0.05, 0.1) is 16.9 Å². The molecule has 0 fully saturated rings. The number of nitrogens with zero attached hydrogens (tertiary/aromatic N) is 1. The molecule has 0 saturated carbocycles. The van der Waals surface area contributed by atoms with Crippen LogP contribution in [0.4, 0.5) is 10.2 Å². The molecule has 7 heteroatoms. The van der Waals surface area contributed by atoms with Crippen molar-refractivity contribution in [3.63, 3.8) is 0 Å². The molecule has 0 aliphatic carbocycles. The average molecular weight is 282 g/mol. The summed E-state index contributed by atoms with van der Waals surface area (Å²) < 4.78 is 13.7. The highest BCUT2D eigenvalue weighted by atomic mass is 32.2. The molecule has 1 aromatic carbocycles. The van der Waals surface area contributed by atoms with Crippen molar-refractivity contribution >= 4 is 34.4 Å². The summed E-state index contributed by atoms with van der Waals surface area (Å²) in [6.45, 7) is 0. The molecular weight excluding hydrogens is 267 g/mol. The number of anilines is 1. The van der Waals surface area contributed by atoms with E-state index in [2.05, 4.69) is 15.5 Å². The van der Waals surface area contributed by atoms with Crippen molar-refractivity contribution in [3.05, 3.63) is 24.0 Å². The molecule has 0 unspecified atom stereocenters. The fourth-order valence-electron chi connectivity index (χ4n) is 1.71. The summed E-state index contributed by atoms with van der Waals surface area (Å²) in [5, 5.41) is 9.40. The molecule has 4 N–H and O–H groups in total. The number of halogens is 1. The molecule has 0 spiro atoms. The summed E-state index contributed by atoms with van der Waals surface area (Å²) in [7, 11) is 0. The fourth-order valence-corrected chi connectivity index (χ4v) is 2.20. The molecule has 2 aromatic rings. The zero-order chi connectivity index (χ0) is 13.8. The number of fused-ring (bicyclic) bond motifs is 1. The van der Waals surface area contributed by atoms with Gasteiger partial charge >= 0.3 is 0 Å². The van der Waals surface area contributed by atoms with E-state index in [1.165, 1.54) is 6.07 Å². The molecule has 0 aliphatic heterocycles. The van der Waals surface area contributed by atoms with Crippen LogP contribution >= 0.6 is 11.8 Å². The van der Waals surface area contributed by atoms with E-state index in [1.807, 2.05) is 6.26 Å². The van der Waals surface area contributed by atoms with E-state index >= 15 is 0 Å². The Kier molecular flexibility index (Phi) is 4.39. The highest BCUT2D eigenvalue weighted by molar-refractivity contribution is 7.98. The number of nitrogens with one attached hydrogen (secondary N) is 2. The summed E-state index contributed by atoms with van der Waals surface area (Å²) >= 11 is 1.62. The number of carbonyl (C=O) groups is 1. The molecule has 19 heavy (non-hydrogen) atoms. The number of hydrogen-bond acceptors (Lipinski definition) is 4. The largest absolute Gasteiger partial charge is 0.320 e. The van der Waals surface area contributed by atoms with Gasteiger partial charge in [-0.3, -0.25) is 9.89 Å². The van der Waals surface area contributed by atoms with Crippen LogP contribution in [-0.4, -0.2) is 34.2 Å². The Labute approximate surface area is 114 Å². The standard InChI is InChI=1S/C12H15FN4OS/c1-19-6-5-8(14)12(18)15-11-10-7(13)3-2-4-9(10)16-17-11/h2-4,8H,5-6,14H2,1H3,(H2,15,16,17,18)/t8-/m0/s1. The van der Waals surface area contributed by atoms with Crippen molar-refractivity contribution in [1.82, 2.24) is 10.2 Å². The Balaban J connectivity index is 2.15. The minimum absolute atomic E-state index is 0.178. The SMILES string of the molecule is CSCC[C@H](N)C(=O)Nc1n[nH]c2cccc(F)c12. The molecule has 1 amide bonds. The third-order valence-corrected chi connectivity index (χ3v) is 3.39. The van der Waals surface area contributed by atoms with Gasteiger partial charge in [0.2, 0.25) is 5.91 Å². The first kappa shape index (κ1) is 13.8. The Morgan fingerprint density at radius 2 is 2.42 bits per heavy atom. The van der Waals surface area contributed by atoms with Crippen LogP contribution < -0.4 is 11.1 Å². The number of hydrogen-bond donors (Lipinski definition) is 3. The zero-order valence-corrected chi connectivity index (χ0v) is 11.3. The van der Waals surface area contributed by atoms with Crippen LogP contribution in [0, 0.1) is 5.82 Å². The second-order valence-electron chi connectivity index (χ2n) is 4.11. The van der Waals surface area contributed by atoms with Crippen molar-refractivity contribution in [2.24, 2.45) is 5.73 Å². The van der Waals surface area contributed by atoms with Crippen molar-refractivity contribution in [2.45, 2.75) is 12.5 Å². The van der Waals surface area contributed by atoms with Crippen molar-refractivity contribution in [2.75, 3.05) is 17.3 Å². The Hall–Kier alpha value is -1.60. The lowest BCUT2D eigenvalue weighted by molar-refractivity contribution is -0.117. The van der Waals surface area contributed by atoms with Crippen LogP contribution in [0.5, 0.6) is 0 Å². The molecule has 0 saturated heterocycles. The van der Waals surface area contributed by atoms with Crippen LogP contribution in [0.3, 0.4) is 0 Å². The third-order valence-electron chi connectivity index (χ3n) is 2.75. The van der Waals surface area contributed by atoms with Crippen molar-refractivity contribution in [3.8, 4) is 0 Å². The molecule has 102 valence electrons. The summed E-state index contributed by atoms with van der Waals surface area (Å²) in [6, 6.07) is 3.97. The van der Waals surface area contributed by atoms with E-state index in [-0.39, 0.29) is 17.1 Å². The normalized spacial score (nSPS) is 12.6. The van der Waals surface area contributed by atoms with E-state index in [0.29, 0.717) is 11.9 Å². The molecule has 0 bridgehead atoms. The molecule has 0 radical (unpaired) electrons. The van der Waals surface area contributed by atoms with Gasteiger partial charge in [0.25, 0.3) is 0 Å². The number of aromatic amines is 1. The van der Waals surface area contributed by atoms with Gasteiger partial charge in [-0.2, -0.15) is 16.9 Å². The number of carbonyl (C=O) groups excluding carboxylic acids is 1. The average Bonchev–Trinajstić information content (AvgIpc) is 2.80. The van der Waals surface area contributed by atoms with E-state index in [1.54, 1.807) is 23.9 Å². The van der Waals surface area contributed by atoms with Gasteiger partial charge in [-0.05, 0) is 30.6 Å². The van der Waals surface area contributed by atoms with Gasteiger partial charge in [0.15, 0.2) is 5.82 Å². The van der Waals surface area contributed by atoms with Crippen LogP contribution in [0.25, 0.3) is 10.9 Å². The van der Waals surface area contributed by atoms with E-state index in [9.17, 15) is 9.18 Å². The van der Waals surface area contributed by atoms with Gasteiger partial charge in [-0.1, -0.05) is 6.07 Å². The van der Waals surface area contributed by atoms with Crippen molar-refractivity contribution < 1.29 is 9.18 Å². The number of H-pyrrole nitrogens is 1. The predicted octanol–water partition coefficient (Wildman–Crippen LogP) is 1.72. The number of rotatable bonds is 5. The maximum Gasteiger partial charge on any atom is 0.242 e. The molecule has 0 aliphatic rings. The molecule has 5 nitrogen and oxygen atoms in total. The minimum Gasteiger partial charge on any atom is -0.320 e. The molecule has 2 rings (SSSR count). The lowest BCUT2D eigenvalue weighted by Gasteiger charge is -2.10. The lowest BCUT2D eigenvalue weighted by atomic mass is 10.2. The second-order valence-corrected chi connectivity index (χ2v) is 5.10. The highest BCUT2D eigenvalue weighted by Crippen LogP contribution is 2.23. The molecule has 1 heterocycles. The van der Waals surface area contributed by atoms with Crippen LogP contribution in [0.2, 0.25) is 0 Å². The maximum absolute atomic E-state index is 13.7. The Bertz CT molecular complexity index is 586. The van der Waals surface area contributed by atoms with E-state index in [0.717, 1.165) is 5.75 Å². The van der Waals surface area contributed by atoms with E-state index in [4.69, 9.17) is 5.73 Å². The Morgan fingerprint density at radius 1 is 1.63 bits per heavy atom. The van der Waals surface area contributed by atoms with E-state index < -0.39 is 11.9 Å². The number of thioether (sulfide) groups is 1. The molecule has 1 atom stereocenters. The van der Waals surface area contributed by atoms with Gasteiger partial charge in [0, 0.05) is 0 Å². The van der Waals surface area contributed by atoms with Crippen molar-refractivity contribution in [1.29, 1.82) is 0 Å². The van der Waals surface area contributed by atoms with Gasteiger partial charge in [-0.25, -0.2) is 4.39 Å². The van der Waals surface area contributed by atoms with Gasteiger partial charge < -0.3 is 11.1 Å². The van der Waals surface area contributed by atoms with Crippen LogP contribution in [0.15, 0.2) is 18.2 Å². The quantitative estimate of drug-likeness (QED) is 0.779. The molecular formula is C12H15FN4OS. The van der Waals surface area contributed by atoms with Gasteiger partial charge in [0.1, 0.15) is 5.82 Å². The number of nitrogens with two attached hydrogens (primary N) is 1. The number of amides is 1. The summed E-state index contributed by atoms with van der Waals surface area (Å²) in [5.74, 6) is 0.187. The number of benzene rings is 1. The summed E-state index contributed by atoms with van der Waals surface area (Å²) in [6.07, 6.45) is 2.51.